The molecule has 0 aromatic carbocycles. The molecule has 1 aliphatic carbocycles. The normalized spacial score (nSPS) is 17.2. The Kier molecular flexibility index (Phi) is 3.58. The summed E-state index contributed by atoms with van der Waals surface area (Å²) >= 11 is 7.75. The van der Waals surface area contributed by atoms with Crippen LogP contribution in [0, 0.1) is 0 Å². The zero-order valence-electron chi connectivity index (χ0n) is 12.5. The van der Waals surface area contributed by atoms with Gasteiger partial charge in [0.15, 0.2) is 5.65 Å². The molecule has 3 aromatic heterocycles. The summed E-state index contributed by atoms with van der Waals surface area (Å²) in [6.45, 7) is 0. The third-order valence-electron chi connectivity index (χ3n) is 4.23. The van der Waals surface area contributed by atoms with E-state index in [0.29, 0.717) is 16.7 Å². The van der Waals surface area contributed by atoms with Gasteiger partial charge in [0.2, 0.25) is 0 Å². The molecule has 0 fully saturated rings. The summed E-state index contributed by atoms with van der Waals surface area (Å²) in [5.41, 5.74) is 3.06. The molecule has 0 bridgehead atoms. The Bertz CT molecular complexity index is 901. The fourth-order valence-electron chi connectivity index (χ4n) is 3.12. The van der Waals surface area contributed by atoms with Crippen LogP contribution in [0.2, 0.25) is 4.34 Å². The first kappa shape index (κ1) is 14.7. The minimum absolute atomic E-state index is 0.0157. The van der Waals surface area contributed by atoms with Gasteiger partial charge in [-0.2, -0.15) is 0 Å². The van der Waals surface area contributed by atoms with Gasteiger partial charge in [0.05, 0.1) is 22.3 Å². The molecule has 118 valence electrons. The number of nitrogens with one attached hydrogen (secondary N) is 1. The number of aromatic nitrogens is 3. The van der Waals surface area contributed by atoms with Crippen molar-refractivity contribution in [3.63, 3.8) is 0 Å². The molecule has 1 atom stereocenters. The van der Waals surface area contributed by atoms with E-state index in [9.17, 15) is 4.79 Å². The van der Waals surface area contributed by atoms with Crippen molar-refractivity contribution in [1.29, 1.82) is 0 Å². The van der Waals surface area contributed by atoms with Gasteiger partial charge in [-0.15, -0.1) is 11.3 Å². The van der Waals surface area contributed by atoms with E-state index in [0.717, 1.165) is 29.2 Å². The number of halogens is 1. The average Bonchev–Trinajstić information content (AvgIpc) is 3.10. The van der Waals surface area contributed by atoms with Crippen molar-refractivity contribution in [2.75, 3.05) is 0 Å². The number of nitrogens with zero attached hydrogens (tertiary/aromatic N) is 3. The standard InChI is InChI=1S/C16H15ClN4OS/c1-21-8-19-14-9(5-6-18-15(14)21)16(22)20-11-3-2-4-12-10(11)7-13(17)23-12/h5-8,11H,2-4H2,1H3,(H,20,22)/t11-/m0/s1. The maximum Gasteiger partial charge on any atom is 0.254 e. The fourth-order valence-corrected chi connectivity index (χ4v) is 4.50. The van der Waals surface area contributed by atoms with E-state index in [4.69, 9.17) is 11.6 Å². The summed E-state index contributed by atoms with van der Waals surface area (Å²) in [7, 11) is 1.87. The monoisotopic (exact) mass is 346 g/mol. The number of aryl methyl sites for hydroxylation is 2. The first-order valence-electron chi connectivity index (χ1n) is 7.48. The Morgan fingerprint density at radius 1 is 1.48 bits per heavy atom. The van der Waals surface area contributed by atoms with Crippen molar-refractivity contribution in [3.05, 3.63) is 45.0 Å². The molecule has 0 aliphatic heterocycles. The lowest BCUT2D eigenvalue weighted by Crippen LogP contribution is -2.30. The van der Waals surface area contributed by atoms with Crippen LogP contribution in [0.25, 0.3) is 11.2 Å². The van der Waals surface area contributed by atoms with Gasteiger partial charge >= 0.3 is 0 Å². The maximum atomic E-state index is 12.7. The summed E-state index contributed by atoms with van der Waals surface area (Å²) in [6.07, 6.45) is 6.35. The van der Waals surface area contributed by atoms with Crippen molar-refractivity contribution in [2.24, 2.45) is 7.05 Å². The number of fused-ring (bicyclic) bond motifs is 2. The molecule has 0 saturated heterocycles. The maximum absolute atomic E-state index is 12.7. The number of pyridine rings is 1. The number of hydrogen-bond acceptors (Lipinski definition) is 4. The molecular weight excluding hydrogens is 332 g/mol. The number of amides is 1. The number of thiophene rings is 1. The van der Waals surface area contributed by atoms with Crippen LogP contribution in [0.15, 0.2) is 24.7 Å². The Morgan fingerprint density at radius 2 is 2.35 bits per heavy atom. The number of carbonyl (C=O) groups is 1. The second-order valence-corrected chi connectivity index (χ2v) is 7.50. The molecule has 0 spiro atoms. The van der Waals surface area contributed by atoms with Crippen molar-refractivity contribution in [2.45, 2.75) is 25.3 Å². The third-order valence-corrected chi connectivity index (χ3v) is 5.57. The predicted molar refractivity (Wildman–Crippen MR) is 91.0 cm³/mol. The molecule has 3 aromatic rings. The Hall–Kier alpha value is -1.92. The van der Waals surface area contributed by atoms with Crippen molar-refractivity contribution < 1.29 is 4.79 Å². The van der Waals surface area contributed by atoms with Crippen LogP contribution in [0.1, 0.15) is 39.7 Å². The second-order valence-electron chi connectivity index (χ2n) is 5.73. The van der Waals surface area contributed by atoms with Crippen molar-refractivity contribution in [1.82, 2.24) is 19.9 Å². The highest BCUT2D eigenvalue weighted by molar-refractivity contribution is 7.16. The quantitative estimate of drug-likeness (QED) is 0.772. The summed E-state index contributed by atoms with van der Waals surface area (Å²) in [5.74, 6) is -0.115. The van der Waals surface area contributed by atoms with Crippen LogP contribution in [0.4, 0.5) is 0 Å². The smallest absolute Gasteiger partial charge is 0.254 e. The van der Waals surface area contributed by atoms with Crippen molar-refractivity contribution >= 4 is 40.0 Å². The van der Waals surface area contributed by atoms with Crippen LogP contribution in [0.5, 0.6) is 0 Å². The molecular formula is C16H15ClN4OS. The van der Waals surface area contributed by atoms with Gasteiger partial charge in [0.25, 0.3) is 5.91 Å². The highest BCUT2D eigenvalue weighted by atomic mass is 35.5. The van der Waals surface area contributed by atoms with Gasteiger partial charge in [-0.3, -0.25) is 4.79 Å². The Balaban J connectivity index is 1.65. The topological polar surface area (TPSA) is 59.8 Å². The number of imidazole rings is 1. The van der Waals surface area contributed by atoms with E-state index in [2.05, 4.69) is 15.3 Å². The highest BCUT2D eigenvalue weighted by Crippen LogP contribution is 2.38. The van der Waals surface area contributed by atoms with Gasteiger partial charge < -0.3 is 9.88 Å². The lowest BCUT2D eigenvalue weighted by Gasteiger charge is -2.23. The molecule has 0 unspecified atom stereocenters. The largest absolute Gasteiger partial charge is 0.345 e. The van der Waals surface area contributed by atoms with Crippen LogP contribution < -0.4 is 5.32 Å². The van der Waals surface area contributed by atoms with E-state index in [1.165, 1.54) is 4.88 Å². The number of rotatable bonds is 2. The molecule has 3 heterocycles. The van der Waals surface area contributed by atoms with Crippen LogP contribution >= 0.6 is 22.9 Å². The Labute approximate surface area is 142 Å². The molecule has 1 aliphatic rings. The summed E-state index contributed by atoms with van der Waals surface area (Å²) in [6, 6.07) is 3.71. The second kappa shape index (κ2) is 5.62. The molecule has 1 amide bonds. The van der Waals surface area contributed by atoms with Crippen molar-refractivity contribution in [3.8, 4) is 0 Å². The SMILES string of the molecule is Cn1cnc2c(C(=O)N[C@H]3CCCc4sc(Cl)cc43)ccnc21. The average molecular weight is 347 g/mol. The Morgan fingerprint density at radius 3 is 3.22 bits per heavy atom. The van der Waals surface area contributed by atoms with Gasteiger partial charge in [-0.25, -0.2) is 9.97 Å². The minimum atomic E-state index is -0.115. The zero-order valence-corrected chi connectivity index (χ0v) is 14.1. The third kappa shape index (κ3) is 2.52. The predicted octanol–water partition coefficient (Wildman–Crippen LogP) is 3.49. The minimum Gasteiger partial charge on any atom is -0.345 e. The summed E-state index contributed by atoms with van der Waals surface area (Å²) in [5, 5.41) is 3.14. The van der Waals surface area contributed by atoms with Crippen LogP contribution in [-0.2, 0) is 13.5 Å². The highest BCUT2D eigenvalue weighted by Gasteiger charge is 2.25. The molecule has 5 nitrogen and oxygen atoms in total. The number of hydrogen-bond donors (Lipinski definition) is 1. The van der Waals surface area contributed by atoms with E-state index in [1.54, 1.807) is 29.9 Å². The molecule has 0 radical (unpaired) electrons. The van der Waals surface area contributed by atoms with Crippen LogP contribution in [0.3, 0.4) is 0 Å². The van der Waals surface area contributed by atoms with Crippen LogP contribution in [-0.4, -0.2) is 20.4 Å². The zero-order chi connectivity index (χ0) is 16.0. The van der Waals surface area contributed by atoms with E-state index < -0.39 is 0 Å². The molecule has 23 heavy (non-hydrogen) atoms. The number of carbonyl (C=O) groups excluding carboxylic acids is 1. The summed E-state index contributed by atoms with van der Waals surface area (Å²) < 4.78 is 2.59. The van der Waals surface area contributed by atoms with Gasteiger partial charge in [0.1, 0.15) is 5.52 Å². The lowest BCUT2D eigenvalue weighted by atomic mass is 9.94. The summed E-state index contributed by atoms with van der Waals surface area (Å²) in [4.78, 5) is 22.6. The van der Waals surface area contributed by atoms with Gasteiger partial charge in [-0.1, -0.05) is 11.6 Å². The van der Waals surface area contributed by atoms with Gasteiger partial charge in [0, 0.05) is 18.1 Å². The first-order chi connectivity index (χ1) is 11.1. The molecule has 7 heteroatoms. The fraction of sp³-hybridized carbons (Fsp3) is 0.312. The first-order valence-corrected chi connectivity index (χ1v) is 8.68. The van der Waals surface area contributed by atoms with Gasteiger partial charge in [-0.05, 0) is 37.0 Å². The lowest BCUT2D eigenvalue weighted by molar-refractivity contribution is 0.0934. The molecule has 1 N–H and O–H groups in total. The molecule has 4 rings (SSSR count). The van der Waals surface area contributed by atoms with E-state index in [-0.39, 0.29) is 11.9 Å². The molecule has 0 saturated carbocycles. The van der Waals surface area contributed by atoms with E-state index in [1.807, 2.05) is 17.7 Å². The van der Waals surface area contributed by atoms with E-state index >= 15 is 0 Å².